The van der Waals surface area contributed by atoms with E-state index in [-0.39, 0.29) is 17.8 Å². The average molecular weight is 341 g/mol. The van der Waals surface area contributed by atoms with Crippen LogP contribution in [0.25, 0.3) is 0 Å². The predicted molar refractivity (Wildman–Crippen MR) is 85.4 cm³/mol. The molecule has 2 aromatic rings. The zero-order valence-electron chi connectivity index (χ0n) is 12.9. The van der Waals surface area contributed by atoms with Crippen LogP contribution in [0.5, 0.6) is 0 Å². The lowest BCUT2D eigenvalue weighted by molar-refractivity contribution is -0.130. The number of hydrogen-bond donors (Lipinski definition) is 2. The summed E-state index contributed by atoms with van der Waals surface area (Å²) in [5, 5.41) is 13.9. The fourth-order valence-corrected chi connectivity index (χ4v) is 2.87. The number of rotatable bonds is 3. The first-order valence-electron chi connectivity index (χ1n) is 7.54. The number of amides is 2. The molecule has 7 heteroatoms. The molecule has 0 bridgehead atoms. The minimum absolute atomic E-state index is 0.0252. The van der Waals surface area contributed by atoms with Crippen molar-refractivity contribution in [2.24, 2.45) is 5.92 Å². The Morgan fingerprint density at radius 3 is 2.68 bits per heavy atom. The Balaban J connectivity index is 1.88. The second-order valence-electron chi connectivity index (χ2n) is 5.65. The van der Waals surface area contributed by atoms with Gasteiger partial charge in [-0.05, 0) is 29.8 Å². The first-order valence-corrected chi connectivity index (χ1v) is 7.54. The number of hydrogen-bond acceptors (Lipinski definition) is 3. The van der Waals surface area contributed by atoms with Crippen LogP contribution in [0.3, 0.4) is 0 Å². The predicted octanol–water partition coefficient (Wildman–Crippen LogP) is 2.30. The van der Waals surface area contributed by atoms with Gasteiger partial charge in [0.05, 0.1) is 11.3 Å². The summed E-state index contributed by atoms with van der Waals surface area (Å²) in [5.41, 5.74) is 0.304. The molecule has 2 amide bonds. The molecule has 0 radical (unpaired) electrons. The van der Waals surface area contributed by atoms with Crippen LogP contribution in [-0.4, -0.2) is 18.4 Å². The number of carbonyl (C=O) groups excluding carboxylic acids is 2. The van der Waals surface area contributed by atoms with Gasteiger partial charge in [0.15, 0.2) is 0 Å². The molecule has 2 N–H and O–H groups in total. The van der Waals surface area contributed by atoms with Crippen LogP contribution in [0.4, 0.5) is 14.5 Å². The van der Waals surface area contributed by atoms with Crippen molar-refractivity contribution in [3.63, 3.8) is 0 Å². The molecular formula is C18H13F2N3O2. The lowest BCUT2D eigenvalue weighted by Gasteiger charge is -2.17. The molecule has 2 atom stereocenters. The number of para-hydroxylation sites is 1. The quantitative estimate of drug-likeness (QED) is 0.841. The van der Waals surface area contributed by atoms with Crippen molar-refractivity contribution < 1.29 is 18.4 Å². The van der Waals surface area contributed by atoms with Gasteiger partial charge in [0.1, 0.15) is 23.6 Å². The van der Waals surface area contributed by atoms with Gasteiger partial charge in [0.25, 0.3) is 0 Å². The van der Waals surface area contributed by atoms with Crippen molar-refractivity contribution in [1.29, 1.82) is 5.26 Å². The summed E-state index contributed by atoms with van der Waals surface area (Å²) in [4.78, 5) is 24.6. The van der Waals surface area contributed by atoms with Crippen LogP contribution in [0.15, 0.2) is 42.5 Å². The Labute approximate surface area is 142 Å². The van der Waals surface area contributed by atoms with E-state index in [1.54, 1.807) is 12.1 Å². The highest BCUT2D eigenvalue weighted by atomic mass is 19.1. The molecular weight excluding hydrogens is 328 g/mol. The Morgan fingerprint density at radius 1 is 1.20 bits per heavy atom. The van der Waals surface area contributed by atoms with E-state index in [1.807, 2.05) is 0 Å². The molecule has 5 nitrogen and oxygen atoms in total. The van der Waals surface area contributed by atoms with Crippen LogP contribution < -0.4 is 10.6 Å². The van der Waals surface area contributed by atoms with Crippen LogP contribution in [0.2, 0.25) is 0 Å². The van der Waals surface area contributed by atoms with Gasteiger partial charge >= 0.3 is 0 Å². The molecule has 0 aromatic heterocycles. The number of nitrogens with one attached hydrogen (secondary N) is 2. The van der Waals surface area contributed by atoms with E-state index in [2.05, 4.69) is 10.6 Å². The molecule has 0 aliphatic carbocycles. The highest BCUT2D eigenvalue weighted by Gasteiger charge is 2.41. The molecule has 1 aliphatic heterocycles. The van der Waals surface area contributed by atoms with Crippen molar-refractivity contribution in [3.8, 4) is 6.07 Å². The molecule has 0 spiro atoms. The molecule has 2 aromatic carbocycles. The lowest BCUT2D eigenvalue weighted by atomic mass is 9.87. The molecule has 1 aliphatic rings. The molecule has 1 fully saturated rings. The van der Waals surface area contributed by atoms with Gasteiger partial charge in [-0.1, -0.05) is 18.2 Å². The van der Waals surface area contributed by atoms with Gasteiger partial charge in [-0.15, -0.1) is 0 Å². The third-order valence-corrected chi connectivity index (χ3v) is 4.13. The fraction of sp³-hybridized carbons (Fsp3) is 0.167. The molecule has 1 heterocycles. The topological polar surface area (TPSA) is 82.0 Å². The van der Waals surface area contributed by atoms with Crippen LogP contribution >= 0.6 is 0 Å². The Hall–Kier alpha value is -3.27. The van der Waals surface area contributed by atoms with E-state index in [9.17, 15) is 18.4 Å². The Kier molecular flexibility index (Phi) is 4.44. The van der Waals surface area contributed by atoms with Crippen molar-refractivity contribution in [1.82, 2.24) is 5.32 Å². The minimum atomic E-state index is -1.10. The van der Waals surface area contributed by atoms with Gasteiger partial charge in [0, 0.05) is 12.5 Å². The Morgan fingerprint density at radius 2 is 1.96 bits per heavy atom. The zero-order valence-corrected chi connectivity index (χ0v) is 12.9. The monoisotopic (exact) mass is 341 g/mol. The average Bonchev–Trinajstić information content (AvgIpc) is 2.99. The zero-order chi connectivity index (χ0) is 18.0. The van der Waals surface area contributed by atoms with E-state index in [4.69, 9.17) is 5.26 Å². The molecule has 3 rings (SSSR count). The maximum atomic E-state index is 13.7. The standard InChI is InChI=1S/C18H13F2N3O2/c19-13-6-5-10(7-11(13)8-21)12-9-22-17(24)16(12)18(25)23-15-4-2-1-3-14(15)20/h1-7,12,16H,9H2,(H,22,24)(H,23,25)/t12-,16-/m1/s1. The van der Waals surface area contributed by atoms with E-state index >= 15 is 0 Å². The minimum Gasteiger partial charge on any atom is -0.355 e. The van der Waals surface area contributed by atoms with Gasteiger partial charge < -0.3 is 10.6 Å². The maximum absolute atomic E-state index is 13.7. The fourth-order valence-electron chi connectivity index (χ4n) is 2.87. The van der Waals surface area contributed by atoms with E-state index < -0.39 is 35.3 Å². The number of nitrogens with zero attached hydrogens (tertiary/aromatic N) is 1. The molecule has 126 valence electrons. The number of halogens is 2. The van der Waals surface area contributed by atoms with E-state index in [1.165, 1.54) is 30.3 Å². The third kappa shape index (κ3) is 3.19. The van der Waals surface area contributed by atoms with Crippen LogP contribution in [0.1, 0.15) is 17.0 Å². The second-order valence-corrected chi connectivity index (χ2v) is 5.65. The summed E-state index contributed by atoms with van der Waals surface area (Å²) in [6.07, 6.45) is 0. The van der Waals surface area contributed by atoms with Gasteiger partial charge in [-0.25, -0.2) is 8.78 Å². The maximum Gasteiger partial charge on any atom is 0.237 e. The van der Waals surface area contributed by atoms with Gasteiger partial charge in [-0.2, -0.15) is 5.26 Å². The molecule has 25 heavy (non-hydrogen) atoms. The molecule has 1 saturated heterocycles. The van der Waals surface area contributed by atoms with Crippen molar-refractivity contribution in [2.45, 2.75) is 5.92 Å². The summed E-state index contributed by atoms with van der Waals surface area (Å²) >= 11 is 0. The van der Waals surface area contributed by atoms with Crippen molar-refractivity contribution in [3.05, 3.63) is 65.2 Å². The van der Waals surface area contributed by atoms with Gasteiger partial charge in [-0.3, -0.25) is 9.59 Å². The summed E-state index contributed by atoms with van der Waals surface area (Å²) in [5.74, 6) is -4.12. The van der Waals surface area contributed by atoms with E-state index in [0.29, 0.717) is 5.56 Å². The normalized spacial score (nSPS) is 19.2. The number of benzene rings is 2. The number of anilines is 1. The smallest absolute Gasteiger partial charge is 0.237 e. The highest BCUT2D eigenvalue weighted by Crippen LogP contribution is 2.31. The van der Waals surface area contributed by atoms with E-state index in [0.717, 1.165) is 6.07 Å². The number of carbonyl (C=O) groups is 2. The third-order valence-electron chi connectivity index (χ3n) is 4.13. The van der Waals surface area contributed by atoms with Gasteiger partial charge in [0.2, 0.25) is 11.8 Å². The lowest BCUT2D eigenvalue weighted by Crippen LogP contribution is -2.32. The van der Waals surface area contributed by atoms with Crippen LogP contribution in [0, 0.1) is 28.9 Å². The highest BCUT2D eigenvalue weighted by molar-refractivity contribution is 6.08. The first kappa shape index (κ1) is 16.6. The first-order chi connectivity index (χ1) is 12.0. The summed E-state index contributed by atoms with van der Waals surface area (Å²) in [6.45, 7) is 0.171. The van der Waals surface area contributed by atoms with Crippen molar-refractivity contribution in [2.75, 3.05) is 11.9 Å². The Bertz CT molecular complexity index is 892. The van der Waals surface area contributed by atoms with Crippen LogP contribution in [-0.2, 0) is 9.59 Å². The summed E-state index contributed by atoms with van der Waals surface area (Å²) in [7, 11) is 0. The summed E-state index contributed by atoms with van der Waals surface area (Å²) in [6, 6.07) is 11.2. The summed E-state index contributed by atoms with van der Waals surface area (Å²) < 4.78 is 27.2. The van der Waals surface area contributed by atoms with Crippen molar-refractivity contribution >= 4 is 17.5 Å². The second kappa shape index (κ2) is 6.69. The SMILES string of the molecule is N#Cc1cc([C@H]2CNC(=O)[C@@H]2C(=O)Nc2ccccc2F)ccc1F. The molecule has 0 saturated carbocycles. The molecule has 0 unspecified atom stereocenters. The largest absolute Gasteiger partial charge is 0.355 e. The number of nitriles is 1.